The van der Waals surface area contributed by atoms with E-state index < -0.39 is 26.7 Å². The van der Waals surface area contributed by atoms with Gasteiger partial charge < -0.3 is 9.64 Å². The zero-order valence-electron chi connectivity index (χ0n) is 16.4. The fourth-order valence-electron chi connectivity index (χ4n) is 4.43. The molecule has 0 fully saturated rings. The lowest BCUT2D eigenvalue weighted by Crippen LogP contribution is -2.59. The van der Waals surface area contributed by atoms with Gasteiger partial charge in [-0.2, -0.15) is 0 Å². The van der Waals surface area contributed by atoms with Gasteiger partial charge in [0.2, 0.25) is 11.5 Å². The van der Waals surface area contributed by atoms with Crippen LogP contribution in [0.3, 0.4) is 0 Å². The van der Waals surface area contributed by atoms with E-state index in [1.165, 1.54) is 6.07 Å². The van der Waals surface area contributed by atoms with Crippen molar-refractivity contribution in [1.29, 1.82) is 0 Å². The average Bonchev–Trinajstić information content (AvgIpc) is 2.86. The van der Waals surface area contributed by atoms with E-state index in [0.717, 1.165) is 23.7 Å². The van der Waals surface area contributed by atoms with Crippen LogP contribution in [-0.4, -0.2) is 22.1 Å². The highest BCUT2D eigenvalue weighted by Crippen LogP contribution is 2.56. The number of nitro benzene ring substituents is 2. The molecule has 0 amide bonds. The zero-order valence-corrected chi connectivity index (χ0v) is 16.4. The summed E-state index contributed by atoms with van der Waals surface area (Å²) in [5.74, 6) is 0.0603. The summed E-state index contributed by atoms with van der Waals surface area (Å²) in [6, 6.07) is 10.3. The van der Waals surface area contributed by atoms with E-state index in [-0.39, 0.29) is 11.4 Å². The number of fused-ring (bicyclic) bond motifs is 2. The van der Waals surface area contributed by atoms with Crippen LogP contribution >= 0.6 is 0 Å². The van der Waals surface area contributed by atoms with Gasteiger partial charge in [-0.25, -0.2) is 0 Å². The third-order valence-electron chi connectivity index (χ3n) is 5.85. The Bertz CT molecular complexity index is 1060. The smallest absolute Gasteiger partial charge is 0.318 e. The number of benzene rings is 2. The fraction of sp³-hybridized carbons (Fsp3) is 0.333. The van der Waals surface area contributed by atoms with Gasteiger partial charge in [-0.05, 0) is 44.1 Å². The number of anilines is 1. The maximum Gasteiger partial charge on any atom is 0.318 e. The number of hydrogen-bond donors (Lipinski definition) is 0. The number of nitrogens with zero attached hydrogens (tertiary/aromatic N) is 3. The largest absolute Gasteiger partial charge is 0.456 e. The summed E-state index contributed by atoms with van der Waals surface area (Å²) in [6.07, 6.45) is 4.44. The topological polar surface area (TPSA) is 98.8 Å². The second-order valence-corrected chi connectivity index (χ2v) is 7.82. The van der Waals surface area contributed by atoms with Crippen molar-refractivity contribution in [3.05, 3.63) is 73.8 Å². The van der Waals surface area contributed by atoms with Crippen molar-refractivity contribution in [2.45, 2.75) is 38.3 Å². The van der Waals surface area contributed by atoms with E-state index in [1.807, 2.05) is 44.2 Å². The lowest BCUT2D eigenvalue weighted by atomic mass is 9.76. The number of hydrogen-bond acceptors (Lipinski definition) is 6. The number of ether oxygens (including phenoxy) is 1. The molecule has 2 heterocycles. The van der Waals surface area contributed by atoms with Crippen LogP contribution in [0.25, 0.3) is 6.08 Å². The lowest BCUT2D eigenvalue weighted by Gasteiger charge is -2.46. The Morgan fingerprint density at radius 1 is 1.10 bits per heavy atom. The standard InChI is InChI=1S/C21H21N3O5/c1-4-11-22-17-8-6-5-7-16(17)20(2,3)21(22)10-9-14-12-15(23(25)26)13-18(24(27)28)19(14)29-21/h5-10,12-13H,4,11H2,1-3H3. The van der Waals surface area contributed by atoms with Gasteiger partial charge in [-0.1, -0.05) is 25.1 Å². The van der Waals surface area contributed by atoms with Crippen LogP contribution in [0.2, 0.25) is 0 Å². The van der Waals surface area contributed by atoms with Crippen molar-refractivity contribution >= 4 is 23.1 Å². The molecule has 150 valence electrons. The molecule has 0 aromatic heterocycles. The highest BCUT2D eigenvalue weighted by atomic mass is 16.6. The number of nitro groups is 2. The van der Waals surface area contributed by atoms with Crippen molar-refractivity contribution in [3.63, 3.8) is 0 Å². The zero-order chi connectivity index (χ0) is 21.0. The normalized spacial score (nSPS) is 20.9. The van der Waals surface area contributed by atoms with Crippen LogP contribution in [-0.2, 0) is 5.41 Å². The first-order valence-electron chi connectivity index (χ1n) is 9.45. The first-order valence-corrected chi connectivity index (χ1v) is 9.45. The Hall–Kier alpha value is -3.42. The molecule has 8 nitrogen and oxygen atoms in total. The number of non-ortho nitro benzene ring substituents is 1. The second-order valence-electron chi connectivity index (χ2n) is 7.82. The second kappa shape index (κ2) is 6.30. The minimum Gasteiger partial charge on any atom is -0.456 e. The van der Waals surface area contributed by atoms with Crippen molar-refractivity contribution in [3.8, 4) is 5.75 Å². The molecular weight excluding hydrogens is 374 g/mol. The molecule has 0 saturated heterocycles. The van der Waals surface area contributed by atoms with Crippen molar-refractivity contribution in [1.82, 2.24) is 0 Å². The highest BCUT2D eigenvalue weighted by Gasteiger charge is 2.59. The fourth-order valence-corrected chi connectivity index (χ4v) is 4.43. The summed E-state index contributed by atoms with van der Waals surface area (Å²) in [7, 11) is 0. The average molecular weight is 395 g/mol. The van der Waals surface area contributed by atoms with E-state index in [1.54, 1.807) is 6.08 Å². The van der Waals surface area contributed by atoms with Crippen molar-refractivity contribution in [2.24, 2.45) is 0 Å². The molecule has 8 heteroatoms. The van der Waals surface area contributed by atoms with Gasteiger partial charge in [-0.15, -0.1) is 0 Å². The molecule has 2 aliphatic heterocycles. The van der Waals surface area contributed by atoms with E-state index in [2.05, 4.69) is 11.8 Å². The van der Waals surface area contributed by atoms with Gasteiger partial charge in [-0.3, -0.25) is 20.2 Å². The summed E-state index contributed by atoms with van der Waals surface area (Å²) in [5.41, 5.74) is 0.228. The quantitative estimate of drug-likeness (QED) is 0.544. The van der Waals surface area contributed by atoms with Gasteiger partial charge >= 0.3 is 5.69 Å². The molecular formula is C21H21N3O5. The van der Waals surface area contributed by atoms with E-state index in [9.17, 15) is 20.2 Å². The molecule has 4 rings (SSSR count). The van der Waals surface area contributed by atoms with Crippen molar-refractivity contribution < 1.29 is 14.6 Å². The van der Waals surface area contributed by atoms with Gasteiger partial charge in [0.15, 0.2) is 0 Å². The SMILES string of the molecule is CCCN1c2ccccc2C(C)(C)C12C=Cc1cc([N+](=O)[O-])cc([N+](=O)[O-])c1O2. The Morgan fingerprint density at radius 3 is 2.48 bits per heavy atom. The molecule has 1 unspecified atom stereocenters. The van der Waals surface area contributed by atoms with Crippen LogP contribution in [0.1, 0.15) is 38.3 Å². The van der Waals surface area contributed by atoms with Crippen molar-refractivity contribution in [2.75, 3.05) is 11.4 Å². The minimum absolute atomic E-state index is 0.0603. The monoisotopic (exact) mass is 395 g/mol. The lowest BCUT2D eigenvalue weighted by molar-refractivity contribution is -0.395. The molecule has 1 atom stereocenters. The van der Waals surface area contributed by atoms with E-state index >= 15 is 0 Å². The van der Waals surface area contributed by atoms with E-state index in [4.69, 9.17) is 4.74 Å². The molecule has 2 aromatic rings. The molecule has 2 aromatic carbocycles. The summed E-state index contributed by atoms with van der Waals surface area (Å²) >= 11 is 0. The van der Waals surface area contributed by atoms with Crippen LogP contribution in [0.4, 0.5) is 17.1 Å². The Morgan fingerprint density at radius 2 is 1.83 bits per heavy atom. The molecule has 0 radical (unpaired) electrons. The maximum atomic E-state index is 11.7. The third kappa shape index (κ3) is 2.52. The summed E-state index contributed by atoms with van der Waals surface area (Å²) < 4.78 is 6.45. The number of rotatable bonds is 4. The van der Waals surface area contributed by atoms with Crippen LogP contribution in [0.15, 0.2) is 42.5 Å². The van der Waals surface area contributed by atoms with Crippen LogP contribution < -0.4 is 9.64 Å². The van der Waals surface area contributed by atoms with Gasteiger partial charge in [0.25, 0.3) is 5.69 Å². The van der Waals surface area contributed by atoms with Gasteiger partial charge in [0, 0.05) is 23.9 Å². The molecule has 0 N–H and O–H groups in total. The van der Waals surface area contributed by atoms with Gasteiger partial charge in [0.05, 0.1) is 21.3 Å². The van der Waals surface area contributed by atoms with Crippen LogP contribution in [0.5, 0.6) is 5.75 Å². The highest BCUT2D eigenvalue weighted by molar-refractivity contribution is 5.76. The summed E-state index contributed by atoms with van der Waals surface area (Å²) in [5, 5.41) is 22.9. The van der Waals surface area contributed by atoms with Crippen LogP contribution in [0, 0.1) is 20.2 Å². The molecule has 29 heavy (non-hydrogen) atoms. The van der Waals surface area contributed by atoms with E-state index in [0.29, 0.717) is 12.1 Å². The predicted molar refractivity (Wildman–Crippen MR) is 109 cm³/mol. The molecule has 1 spiro atoms. The molecule has 0 aliphatic carbocycles. The Labute approximate surface area is 167 Å². The Balaban J connectivity index is 1.94. The molecule has 0 saturated carbocycles. The number of para-hydroxylation sites is 1. The molecule has 0 bridgehead atoms. The first kappa shape index (κ1) is 18.9. The van der Waals surface area contributed by atoms with Gasteiger partial charge in [0.1, 0.15) is 0 Å². The third-order valence-corrected chi connectivity index (χ3v) is 5.85. The first-order chi connectivity index (χ1) is 13.7. The minimum atomic E-state index is -0.972. The summed E-state index contributed by atoms with van der Waals surface area (Å²) in [6.45, 7) is 6.86. The maximum absolute atomic E-state index is 11.7. The Kier molecular flexibility index (Phi) is 4.11. The summed E-state index contributed by atoms with van der Waals surface area (Å²) in [4.78, 5) is 23.8. The predicted octanol–water partition coefficient (Wildman–Crippen LogP) is 4.81. The molecule has 2 aliphatic rings.